The molecule has 0 aliphatic carbocycles. The maximum atomic E-state index is 13.0. The van der Waals surface area contributed by atoms with E-state index in [1.54, 1.807) is 43.1 Å². The fourth-order valence-corrected chi connectivity index (χ4v) is 6.46. The highest BCUT2D eigenvalue weighted by Crippen LogP contribution is 2.43. The van der Waals surface area contributed by atoms with Crippen LogP contribution in [0.1, 0.15) is 10.9 Å². The Kier molecular flexibility index (Phi) is 5.46. The summed E-state index contributed by atoms with van der Waals surface area (Å²) in [7, 11) is -1.98. The van der Waals surface area contributed by atoms with E-state index in [0.717, 1.165) is 15.8 Å². The van der Waals surface area contributed by atoms with Crippen LogP contribution in [0, 0.1) is 0 Å². The number of sulfonamides is 1. The van der Waals surface area contributed by atoms with Gasteiger partial charge in [-0.1, -0.05) is 17.7 Å². The van der Waals surface area contributed by atoms with Crippen molar-refractivity contribution >= 4 is 49.3 Å². The predicted octanol–water partition coefficient (Wildman–Crippen LogP) is 4.55. The fraction of sp³-hybridized carbons (Fsp3) is 0.250. The van der Waals surface area contributed by atoms with Gasteiger partial charge in [-0.25, -0.2) is 8.42 Å². The molecule has 0 aromatic heterocycles. The van der Waals surface area contributed by atoms with E-state index < -0.39 is 10.0 Å². The number of methoxy groups -OCH3 is 1. The first-order chi connectivity index (χ1) is 11.4. The molecule has 1 aliphatic heterocycles. The van der Waals surface area contributed by atoms with E-state index in [1.807, 2.05) is 18.2 Å². The molecule has 0 radical (unpaired) electrons. The molecule has 3 rings (SSSR count). The van der Waals surface area contributed by atoms with E-state index in [2.05, 4.69) is 15.9 Å². The van der Waals surface area contributed by atoms with E-state index in [4.69, 9.17) is 16.3 Å². The van der Waals surface area contributed by atoms with Gasteiger partial charge in [0.25, 0.3) is 0 Å². The second-order valence-electron chi connectivity index (χ2n) is 5.19. The zero-order chi connectivity index (χ0) is 17.3. The summed E-state index contributed by atoms with van der Waals surface area (Å²) in [6, 6.07) is 11.9. The van der Waals surface area contributed by atoms with Gasteiger partial charge in [0.1, 0.15) is 5.75 Å². The minimum atomic E-state index is -3.57. The first-order valence-electron chi connectivity index (χ1n) is 7.16. The van der Waals surface area contributed by atoms with E-state index in [9.17, 15) is 8.42 Å². The number of nitrogens with zero attached hydrogens (tertiary/aromatic N) is 1. The third-order valence-electron chi connectivity index (χ3n) is 3.73. The molecule has 1 atom stereocenters. The van der Waals surface area contributed by atoms with Crippen molar-refractivity contribution in [2.24, 2.45) is 0 Å². The highest BCUT2D eigenvalue weighted by molar-refractivity contribution is 9.10. The maximum absolute atomic E-state index is 13.0. The third kappa shape index (κ3) is 3.46. The Morgan fingerprint density at radius 2 is 1.96 bits per heavy atom. The Morgan fingerprint density at radius 1 is 1.25 bits per heavy atom. The maximum Gasteiger partial charge on any atom is 0.244 e. The summed E-state index contributed by atoms with van der Waals surface area (Å²) >= 11 is 10.9. The Balaban J connectivity index is 1.95. The van der Waals surface area contributed by atoms with Crippen LogP contribution in [0.5, 0.6) is 5.75 Å². The highest BCUT2D eigenvalue weighted by Gasteiger charge is 2.37. The number of benzene rings is 2. The Hall–Kier alpha value is -0.730. The number of hydrogen-bond donors (Lipinski definition) is 0. The molecule has 0 spiro atoms. The van der Waals surface area contributed by atoms with E-state index in [-0.39, 0.29) is 10.3 Å². The average molecular weight is 449 g/mol. The van der Waals surface area contributed by atoms with Gasteiger partial charge in [0.2, 0.25) is 10.0 Å². The normalized spacial score (nSPS) is 18.7. The van der Waals surface area contributed by atoms with Gasteiger partial charge in [0, 0.05) is 17.3 Å². The first kappa shape index (κ1) is 18.1. The van der Waals surface area contributed by atoms with Gasteiger partial charge in [0.15, 0.2) is 0 Å². The molecule has 2 aromatic rings. The van der Waals surface area contributed by atoms with Crippen molar-refractivity contribution in [3.05, 3.63) is 57.5 Å². The van der Waals surface area contributed by atoms with Crippen LogP contribution in [0.25, 0.3) is 0 Å². The average Bonchev–Trinajstić information content (AvgIpc) is 3.05. The summed E-state index contributed by atoms with van der Waals surface area (Å²) in [6.45, 7) is 0.476. The molecule has 0 unspecified atom stereocenters. The summed E-state index contributed by atoms with van der Waals surface area (Å²) in [5, 5.41) is 0.258. The van der Waals surface area contributed by atoms with Gasteiger partial charge in [-0.2, -0.15) is 4.31 Å². The Labute approximate surface area is 159 Å². The van der Waals surface area contributed by atoms with Crippen LogP contribution in [-0.2, 0) is 10.0 Å². The zero-order valence-corrected chi connectivity index (χ0v) is 16.8. The van der Waals surface area contributed by atoms with Crippen molar-refractivity contribution < 1.29 is 13.2 Å². The van der Waals surface area contributed by atoms with Gasteiger partial charge in [-0.3, -0.25) is 0 Å². The molecule has 8 heteroatoms. The van der Waals surface area contributed by atoms with Gasteiger partial charge >= 0.3 is 0 Å². The first-order valence-corrected chi connectivity index (χ1v) is 10.8. The van der Waals surface area contributed by atoms with Gasteiger partial charge in [-0.05, 0) is 57.9 Å². The summed E-state index contributed by atoms with van der Waals surface area (Å²) in [6.07, 6.45) is 0. The Morgan fingerprint density at radius 3 is 2.58 bits per heavy atom. The van der Waals surface area contributed by atoms with E-state index >= 15 is 0 Å². The van der Waals surface area contributed by atoms with Crippen LogP contribution in [0.4, 0.5) is 0 Å². The van der Waals surface area contributed by atoms with Crippen molar-refractivity contribution in [2.75, 3.05) is 19.4 Å². The lowest BCUT2D eigenvalue weighted by Gasteiger charge is -2.24. The minimum Gasteiger partial charge on any atom is -0.496 e. The lowest BCUT2D eigenvalue weighted by molar-refractivity contribution is 0.410. The molecule has 4 nitrogen and oxygen atoms in total. The largest absolute Gasteiger partial charge is 0.496 e. The number of ether oxygens (including phenoxy) is 1. The quantitative estimate of drug-likeness (QED) is 0.688. The molecule has 128 valence electrons. The van der Waals surface area contributed by atoms with Crippen molar-refractivity contribution in [3.63, 3.8) is 0 Å². The van der Waals surface area contributed by atoms with Crippen molar-refractivity contribution in [3.8, 4) is 5.75 Å². The lowest BCUT2D eigenvalue weighted by atomic mass is 10.2. The smallest absolute Gasteiger partial charge is 0.244 e. The van der Waals surface area contributed by atoms with E-state index in [1.165, 1.54) is 4.31 Å². The van der Waals surface area contributed by atoms with Crippen LogP contribution >= 0.6 is 39.3 Å². The monoisotopic (exact) mass is 447 g/mol. The molecule has 0 saturated carbocycles. The van der Waals surface area contributed by atoms with Crippen LogP contribution < -0.4 is 4.74 Å². The standard InChI is InChI=1S/C16H15BrClNO3S2/c1-22-15-7-2-11(10-14(15)17)16-19(8-9-23-16)24(20,21)13-5-3-12(18)4-6-13/h2-7,10,16H,8-9H2,1H3/t16-/m0/s1. The van der Waals surface area contributed by atoms with Crippen LogP contribution in [0.15, 0.2) is 51.8 Å². The molecular formula is C16H15BrClNO3S2. The second-order valence-corrected chi connectivity index (χ2v) is 9.56. The second kappa shape index (κ2) is 7.25. The molecule has 0 N–H and O–H groups in total. The van der Waals surface area contributed by atoms with Crippen LogP contribution in [-0.4, -0.2) is 32.1 Å². The molecular weight excluding hydrogens is 434 g/mol. The topological polar surface area (TPSA) is 46.6 Å². The molecule has 0 amide bonds. The summed E-state index contributed by atoms with van der Waals surface area (Å²) in [4.78, 5) is 0.256. The SMILES string of the molecule is COc1ccc([C@@H]2SCCN2S(=O)(=O)c2ccc(Cl)cc2)cc1Br. The highest BCUT2D eigenvalue weighted by atomic mass is 79.9. The van der Waals surface area contributed by atoms with E-state index in [0.29, 0.717) is 17.3 Å². The molecule has 2 aromatic carbocycles. The predicted molar refractivity (Wildman–Crippen MR) is 101 cm³/mol. The van der Waals surface area contributed by atoms with Crippen LogP contribution in [0.3, 0.4) is 0 Å². The van der Waals surface area contributed by atoms with Gasteiger partial charge in [0.05, 0.1) is 21.9 Å². The lowest BCUT2D eigenvalue weighted by Crippen LogP contribution is -2.30. The molecule has 1 aliphatic rings. The molecule has 24 heavy (non-hydrogen) atoms. The molecule has 1 fully saturated rings. The fourth-order valence-electron chi connectivity index (χ4n) is 2.54. The van der Waals surface area contributed by atoms with Crippen molar-refractivity contribution in [1.82, 2.24) is 4.31 Å². The van der Waals surface area contributed by atoms with Crippen molar-refractivity contribution in [2.45, 2.75) is 10.3 Å². The summed E-state index contributed by atoms with van der Waals surface area (Å²) in [5.41, 5.74) is 0.919. The number of rotatable bonds is 4. The number of hydrogen-bond acceptors (Lipinski definition) is 4. The molecule has 1 saturated heterocycles. The van der Waals surface area contributed by atoms with Gasteiger partial charge in [-0.15, -0.1) is 11.8 Å². The summed E-state index contributed by atoms with van der Waals surface area (Å²) in [5.74, 6) is 1.47. The zero-order valence-electron chi connectivity index (χ0n) is 12.8. The molecule has 0 bridgehead atoms. The van der Waals surface area contributed by atoms with Crippen LogP contribution in [0.2, 0.25) is 5.02 Å². The number of thioether (sulfide) groups is 1. The minimum absolute atomic E-state index is 0.256. The third-order valence-corrected chi connectivity index (χ3v) is 7.87. The number of halogens is 2. The van der Waals surface area contributed by atoms with Gasteiger partial charge < -0.3 is 4.74 Å². The summed E-state index contributed by atoms with van der Waals surface area (Å²) < 4.78 is 33.5. The van der Waals surface area contributed by atoms with Crippen molar-refractivity contribution in [1.29, 1.82) is 0 Å². The molecule has 1 heterocycles. The Bertz CT molecular complexity index is 843.